The smallest absolute Gasteiger partial charge is 0.191 e. The largest absolute Gasteiger partial charge is 0.356 e. The molecule has 0 spiro atoms. The number of anilines is 1. The van der Waals surface area contributed by atoms with Gasteiger partial charge in [-0.1, -0.05) is 24.6 Å². The Bertz CT molecular complexity index is 703. The molecular weight excluding hydrogens is 354 g/mol. The maximum Gasteiger partial charge on any atom is 0.191 e. The average molecular weight is 378 g/mol. The molecule has 7 heteroatoms. The van der Waals surface area contributed by atoms with Crippen molar-refractivity contribution in [3.8, 4) is 0 Å². The number of thiophene rings is 1. The Kier molecular flexibility index (Phi) is 6.15. The van der Waals surface area contributed by atoms with Crippen molar-refractivity contribution in [1.29, 1.82) is 0 Å². The highest BCUT2D eigenvalue weighted by Crippen LogP contribution is 2.25. The Morgan fingerprint density at radius 3 is 3.08 bits per heavy atom. The zero-order valence-electron chi connectivity index (χ0n) is 14.6. The Morgan fingerprint density at radius 1 is 1.48 bits per heavy atom. The highest BCUT2D eigenvalue weighted by atomic mass is 35.5. The SMILES string of the molecule is CN=C(NCC(C)c1cccs1)NC1CCN(c2ncccc2Cl)C1. The first-order valence-corrected chi connectivity index (χ1v) is 9.79. The lowest BCUT2D eigenvalue weighted by atomic mass is 10.1. The molecule has 134 valence electrons. The molecule has 1 saturated heterocycles. The average Bonchev–Trinajstić information content (AvgIpc) is 3.30. The van der Waals surface area contributed by atoms with Crippen molar-refractivity contribution in [3.05, 3.63) is 45.7 Å². The highest BCUT2D eigenvalue weighted by Gasteiger charge is 2.25. The topological polar surface area (TPSA) is 52.6 Å². The van der Waals surface area contributed by atoms with Crippen LogP contribution in [-0.2, 0) is 0 Å². The van der Waals surface area contributed by atoms with Gasteiger partial charge >= 0.3 is 0 Å². The zero-order chi connectivity index (χ0) is 17.6. The molecule has 0 saturated carbocycles. The molecule has 1 fully saturated rings. The monoisotopic (exact) mass is 377 g/mol. The first-order chi connectivity index (χ1) is 12.2. The minimum atomic E-state index is 0.335. The fourth-order valence-electron chi connectivity index (χ4n) is 2.99. The van der Waals surface area contributed by atoms with Crippen LogP contribution < -0.4 is 15.5 Å². The molecular formula is C18H24ClN5S. The van der Waals surface area contributed by atoms with Crippen LogP contribution in [0.25, 0.3) is 0 Å². The molecule has 0 bridgehead atoms. The van der Waals surface area contributed by atoms with E-state index in [1.165, 1.54) is 4.88 Å². The first-order valence-electron chi connectivity index (χ1n) is 8.53. The molecule has 3 rings (SSSR count). The van der Waals surface area contributed by atoms with Crippen LogP contribution in [0.2, 0.25) is 5.02 Å². The van der Waals surface area contributed by atoms with Gasteiger partial charge in [0.1, 0.15) is 5.82 Å². The predicted molar refractivity (Wildman–Crippen MR) is 107 cm³/mol. The van der Waals surface area contributed by atoms with Crippen LogP contribution in [0.1, 0.15) is 24.1 Å². The van der Waals surface area contributed by atoms with E-state index in [9.17, 15) is 0 Å². The van der Waals surface area contributed by atoms with Crippen LogP contribution in [0.4, 0.5) is 5.82 Å². The third-order valence-electron chi connectivity index (χ3n) is 4.40. The lowest BCUT2D eigenvalue weighted by molar-refractivity contribution is 0.636. The van der Waals surface area contributed by atoms with Gasteiger partial charge in [-0.25, -0.2) is 4.98 Å². The summed E-state index contributed by atoms with van der Waals surface area (Å²) in [5.74, 6) is 2.18. The summed E-state index contributed by atoms with van der Waals surface area (Å²) in [5, 5.41) is 9.77. The maximum absolute atomic E-state index is 6.26. The number of halogens is 1. The van der Waals surface area contributed by atoms with E-state index >= 15 is 0 Å². The minimum Gasteiger partial charge on any atom is -0.356 e. The molecule has 1 aliphatic heterocycles. The number of hydrogen-bond donors (Lipinski definition) is 2. The van der Waals surface area contributed by atoms with Gasteiger partial charge in [-0.15, -0.1) is 11.3 Å². The third-order valence-corrected chi connectivity index (χ3v) is 5.79. The van der Waals surface area contributed by atoms with Crippen LogP contribution in [0.15, 0.2) is 40.8 Å². The summed E-state index contributed by atoms with van der Waals surface area (Å²) in [6, 6.07) is 8.36. The van der Waals surface area contributed by atoms with Gasteiger partial charge < -0.3 is 15.5 Å². The van der Waals surface area contributed by atoms with Crippen molar-refractivity contribution < 1.29 is 0 Å². The van der Waals surface area contributed by atoms with E-state index in [1.54, 1.807) is 17.5 Å². The minimum absolute atomic E-state index is 0.335. The second-order valence-corrected chi connectivity index (χ2v) is 7.64. The fourth-order valence-corrected chi connectivity index (χ4v) is 4.02. The molecule has 2 aromatic rings. The summed E-state index contributed by atoms with van der Waals surface area (Å²) in [6.07, 6.45) is 2.82. The number of guanidine groups is 1. The van der Waals surface area contributed by atoms with Crippen molar-refractivity contribution >= 4 is 34.7 Å². The number of rotatable bonds is 5. The Hall–Kier alpha value is -1.79. The maximum atomic E-state index is 6.26. The van der Waals surface area contributed by atoms with E-state index in [4.69, 9.17) is 11.6 Å². The summed E-state index contributed by atoms with van der Waals surface area (Å²) < 4.78 is 0. The van der Waals surface area contributed by atoms with Crippen LogP contribution in [0.3, 0.4) is 0 Å². The normalized spacial score (nSPS) is 19.1. The second kappa shape index (κ2) is 8.54. The lowest BCUT2D eigenvalue weighted by Crippen LogP contribution is -2.45. The number of aliphatic imine (C=N–C) groups is 1. The van der Waals surface area contributed by atoms with E-state index in [1.807, 2.05) is 19.2 Å². The van der Waals surface area contributed by atoms with Crippen LogP contribution in [-0.4, -0.2) is 43.7 Å². The Labute approximate surface area is 158 Å². The number of pyridine rings is 1. The van der Waals surface area contributed by atoms with Crippen LogP contribution in [0.5, 0.6) is 0 Å². The van der Waals surface area contributed by atoms with Gasteiger partial charge in [-0.2, -0.15) is 0 Å². The second-order valence-electron chi connectivity index (χ2n) is 6.25. The molecule has 2 aromatic heterocycles. The molecule has 25 heavy (non-hydrogen) atoms. The van der Waals surface area contributed by atoms with E-state index in [-0.39, 0.29) is 0 Å². The van der Waals surface area contributed by atoms with Crippen molar-refractivity contribution in [3.63, 3.8) is 0 Å². The Morgan fingerprint density at radius 2 is 2.36 bits per heavy atom. The molecule has 0 radical (unpaired) electrons. The summed E-state index contributed by atoms with van der Waals surface area (Å²) >= 11 is 8.05. The third kappa shape index (κ3) is 4.64. The van der Waals surface area contributed by atoms with Gasteiger partial charge in [-0.3, -0.25) is 4.99 Å². The van der Waals surface area contributed by atoms with Crippen molar-refractivity contribution in [2.24, 2.45) is 4.99 Å². The molecule has 2 N–H and O–H groups in total. The van der Waals surface area contributed by atoms with Crippen molar-refractivity contribution in [1.82, 2.24) is 15.6 Å². The fraction of sp³-hybridized carbons (Fsp3) is 0.444. The molecule has 1 aliphatic rings. The Balaban J connectivity index is 1.50. The van der Waals surface area contributed by atoms with Gasteiger partial charge in [-0.05, 0) is 30.0 Å². The number of aromatic nitrogens is 1. The molecule has 2 atom stereocenters. The molecule has 0 amide bonds. The zero-order valence-corrected chi connectivity index (χ0v) is 16.1. The number of nitrogens with zero attached hydrogens (tertiary/aromatic N) is 3. The molecule has 0 aliphatic carbocycles. The van der Waals surface area contributed by atoms with E-state index in [0.717, 1.165) is 37.8 Å². The molecule has 0 aromatic carbocycles. The summed E-state index contributed by atoms with van der Waals surface area (Å²) in [5.41, 5.74) is 0. The van der Waals surface area contributed by atoms with Crippen LogP contribution >= 0.6 is 22.9 Å². The highest BCUT2D eigenvalue weighted by molar-refractivity contribution is 7.10. The van der Waals surface area contributed by atoms with Crippen LogP contribution in [0, 0.1) is 0 Å². The van der Waals surface area contributed by atoms with Gasteiger partial charge in [0.25, 0.3) is 0 Å². The summed E-state index contributed by atoms with van der Waals surface area (Å²) in [4.78, 5) is 12.4. The lowest BCUT2D eigenvalue weighted by Gasteiger charge is -2.21. The van der Waals surface area contributed by atoms with E-state index < -0.39 is 0 Å². The standard InChI is InChI=1S/C18H24ClN5S/c1-13(16-6-4-10-25-16)11-22-18(20-2)23-14-7-9-24(12-14)17-15(19)5-3-8-21-17/h3-6,8,10,13-14H,7,9,11-12H2,1-2H3,(H2,20,22,23). The molecule has 3 heterocycles. The van der Waals surface area contributed by atoms with Gasteiger partial charge in [0, 0.05) is 49.7 Å². The van der Waals surface area contributed by atoms with E-state index in [2.05, 4.69) is 49.9 Å². The van der Waals surface area contributed by atoms with Gasteiger partial charge in [0.05, 0.1) is 5.02 Å². The first kappa shape index (κ1) is 18.0. The summed E-state index contributed by atoms with van der Waals surface area (Å²) in [6.45, 7) is 4.91. The number of hydrogen-bond acceptors (Lipinski definition) is 4. The quantitative estimate of drug-likeness (QED) is 0.619. The van der Waals surface area contributed by atoms with Crippen molar-refractivity contribution in [2.75, 3.05) is 31.6 Å². The number of nitrogens with one attached hydrogen (secondary N) is 2. The predicted octanol–water partition coefficient (Wildman–Crippen LogP) is 3.34. The van der Waals surface area contributed by atoms with Crippen molar-refractivity contribution in [2.45, 2.75) is 25.3 Å². The van der Waals surface area contributed by atoms with Gasteiger partial charge in [0.2, 0.25) is 0 Å². The molecule has 2 unspecified atom stereocenters. The summed E-state index contributed by atoms with van der Waals surface area (Å²) in [7, 11) is 1.81. The van der Waals surface area contributed by atoms with Gasteiger partial charge in [0.15, 0.2) is 5.96 Å². The van der Waals surface area contributed by atoms with E-state index in [0.29, 0.717) is 17.0 Å². The molecule has 5 nitrogen and oxygen atoms in total.